The normalized spacial score (nSPS) is 13.7. The maximum absolute atomic E-state index is 13.8. The van der Waals surface area contributed by atoms with E-state index in [1.165, 1.54) is 11.0 Å². The number of sulfonamides is 1. The number of hydrogen-bond acceptors (Lipinski definition) is 6. The first-order chi connectivity index (χ1) is 17.9. The highest BCUT2D eigenvalue weighted by atomic mass is 35.5. The second-order valence-corrected chi connectivity index (χ2v) is 12.2. The average molecular weight is 587 g/mol. The second kappa shape index (κ2) is 12.9. The van der Waals surface area contributed by atoms with E-state index in [0.717, 1.165) is 10.6 Å². The van der Waals surface area contributed by atoms with Crippen LogP contribution in [0.15, 0.2) is 36.4 Å². The number of rotatable bonds is 11. The van der Waals surface area contributed by atoms with Crippen LogP contribution in [0.2, 0.25) is 10.0 Å². The van der Waals surface area contributed by atoms with Gasteiger partial charge in [0.15, 0.2) is 11.5 Å². The molecule has 1 N–H and O–H groups in total. The lowest BCUT2D eigenvalue weighted by molar-refractivity contribution is -0.140. The van der Waals surface area contributed by atoms with Gasteiger partial charge in [-0.15, -0.1) is 0 Å². The molecule has 208 valence electrons. The van der Waals surface area contributed by atoms with Crippen LogP contribution in [0.25, 0.3) is 0 Å². The highest BCUT2D eigenvalue weighted by Gasteiger charge is 2.32. The fraction of sp³-hybridized carbons (Fsp3) is 0.462. The third-order valence-electron chi connectivity index (χ3n) is 5.90. The van der Waals surface area contributed by atoms with Crippen molar-refractivity contribution in [1.29, 1.82) is 0 Å². The zero-order chi connectivity index (χ0) is 28.0. The van der Waals surface area contributed by atoms with Crippen LogP contribution in [0.5, 0.6) is 11.5 Å². The lowest BCUT2D eigenvalue weighted by Crippen LogP contribution is -2.52. The maximum Gasteiger partial charge on any atom is 0.244 e. The van der Waals surface area contributed by atoms with Crippen molar-refractivity contribution in [3.8, 4) is 11.5 Å². The Labute approximate surface area is 234 Å². The van der Waals surface area contributed by atoms with Gasteiger partial charge in [0.25, 0.3) is 0 Å². The molecule has 0 aliphatic carbocycles. The van der Waals surface area contributed by atoms with Gasteiger partial charge >= 0.3 is 0 Å². The number of ether oxygens (including phenoxy) is 2. The molecule has 2 aromatic carbocycles. The first kappa shape index (κ1) is 29.9. The van der Waals surface area contributed by atoms with E-state index in [1.807, 2.05) is 13.8 Å². The number of carbonyl (C=O) groups is 2. The smallest absolute Gasteiger partial charge is 0.244 e. The van der Waals surface area contributed by atoms with Gasteiger partial charge in [-0.25, -0.2) is 8.42 Å². The molecule has 3 rings (SSSR count). The van der Waals surface area contributed by atoms with Crippen molar-refractivity contribution in [2.75, 3.05) is 36.9 Å². The Morgan fingerprint density at radius 3 is 2.32 bits per heavy atom. The molecule has 1 atom stereocenters. The fourth-order valence-corrected chi connectivity index (χ4v) is 5.14. The number of amides is 2. The Balaban J connectivity index is 1.95. The molecule has 2 aromatic rings. The predicted molar refractivity (Wildman–Crippen MR) is 149 cm³/mol. The molecule has 0 saturated heterocycles. The summed E-state index contributed by atoms with van der Waals surface area (Å²) in [6.07, 6.45) is 1.34. The van der Waals surface area contributed by atoms with E-state index >= 15 is 0 Å². The molecule has 0 fully saturated rings. The van der Waals surface area contributed by atoms with Crippen LogP contribution >= 0.6 is 23.2 Å². The molecule has 0 bridgehead atoms. The molecule has 38 heavy (non-hydrogen) atoms. The first-order valence-electron chi connectivity index (χ1n) is 12.3. The molecule has 0 saturated carbocycles. The van der Waals surface area contributed by atoms with Crippen LogP contribution in [0.1, 0.15) is 32.8 Å². The molecule has 1 aliphatic rings. The van der Waals surface area contributed by atoms with Gasteiger partial charge in [-0.1, -0.05) is 50.0 Å². The average Bonchev–Trinajstić information content (AvgIpc) is 2.86. The number of anilines is 1. The molecule has 0 radical (unpaired) electrons. The molecule has 2 amide bonds. The number of hydrogen-bond donors (Lipinski definition) is 1. The molecule has 1 unspecified atom stereocenters. The van der Waals surface area contributed by atoms with E-state index in [2.05, 4.69) is 5.32 Å². The number of halogens is 2. The summed E-state index contributed by atoms with van der Waals surface area (Å²) in [5.74, 6) is 0.227. The molecular formula is C26H33Cl2N3O6S. The lowest BCUT2D eigenvalue weighted by atomic mass is 10.1. The lowest BCUT2D eigenvalue weighted by Gasteiger charge is -2.33. The van der Waals surface area contributed by atoms with Crippen LogP contribution in [-0.4, -0.2) is 63.7 Å². The van der Waals surface area contributed by atoms with Crippen molar-refractivity contribution >= 4 is 50.7 Å². The quantitative estimate of drug-likeness (QED) is 0.425. The van der Waals surface area contributed by atoms with E-state index in [0.29, 0.717) is 53.3 Å². The summed E-state index contributed by atoms with van der Waals surface area (Å²) in [4.78, 5) is 28.3. The SMILES string of the molecule is CCC(C(=O)NCC(C)C)N(Cc1ccc(Cl)c(Cl)c1)C(=O)CN(c1ccc2c(c1)OCCO2)S(C)(=O)=O. The van der Waals surface area contributed by atoms with Crippen LogP contribution in [0.3, 0.4) is 0 Å². The minimum atomic E-state index is -3.88. The Kier molecular flexibility index (Phi) is 10.1. The van der Waals surface area contributed by atoms with Crippen molar-refractivity contribution in [2.24, 2.45) is 5.92 Å². The minimum Gasteiger partial charge on any atom is -0.486 e. The van der Waals surface area contributed by atoms with E-state index in [1.54, 1.807) is 37.3 Å². The fourth-order valence-electron chi connectivity index (χ4n) is 3.98. The molecular weight excluding hydrogens is 553 g/mol. The topological polar surface area (TPSA) is 105 Å². The van der Waals surface area contributed by atoms with E-state index < -0.39 is 28.5 Å². The number of benzene rings is 2. The molecule has 1 heterocycles. The molecule has 12 heteroatoms. The number of nitrogens with zero attached hydrogens (tertiary/aromatic N) is 2. The van der Waals surface area contributed by atoms with Gasteiger partial charge < -0.3 is 19.7 Å². The Bertz CT molecular complexity index is 1270. The van der Waals surface area contributed by atoms with Crippen LogP contribution in [-0.2, 0) is 26.2 Å². The number of nitrogens with one attached hydrogen (secondary N) is 1. The summed E-state index contributed by atoms with van der Waals surface area (Å²) >= 11 is 12.3. The third kappa shape index (κ3) is 7.68. The van der Waals surface area contributed by atoms with Crippen molar-refractivity contribution in [2.45, 2.75) is 39.8 Å². The van der Waals surface area contributed by atoms with Gasteiger partial charge in [0.05, 0.1) is 22.0 Å². The van der Waals surface area contributed by atoms with Crippen molar-refractivity contribution in [1.82, 2.24) is 10.2 Å². The molecule has 1 aliphatic heterocycles. The van der Waals surface area contributed by atoms with Gasteiger partial charge in [-0.3, -0.25) is 13.9 Å². The van der Waals surface area contributed by atoms with Gasteiger partial charge in [0.2, 0.25) is 21.8 Å². The third-order valence-corrected chi connectivity index (χ3v) is 7.78. The highest BCUT2D eigenvalue weighted by Crippen LogP contribution is 2.35. The van der Waals surface area contributed by atoms with Crippen LogP contribution in [0, 0.1) is 5.92 Å². The maximum atomic E-state index is 13.8. The van der Waals surface area contributed by atoms with Gasteiger partial charge in [-0.2, -0.15) is 0 Å². The molecule has 0 aromatic heterocycles. The standard InChI is InChI=1S/C26H33Cl2N3O6S/c1-5-22(26(33)29-14-17(2)3)30(15-18-6-8-20(27)21(28)12-18)25(32)16-31(38(4,34)35)19-7-9-23-24(13-19)37-11-10-36-23/h6-9,12-13,17,22H,5,10-11,14-16H2,1-4H3,(H,29,33). The summed E-state index contributed by atoms with van der Waals surface area (Å²) in [5, 5.41) is 3.55. The van der Waals surface area contributed by atoms with Crippen molar-refractivity contribution in [3.05, 3.63) is 52.0 Å². The van der Waals surface area contributed by atoms with E-state index in [4.69, 9.17) is 32.7 Å². The Morgan fingerprint density at radius 1 is 1.03 bits per heavy atom. The van der Waals surface area contributed by atoms with E-state index in [9.17, 15) is 18.0 Å². The van der Waals surface area contributed by atoms with Crippen molar-refractivity contribution in [3.63, 3.8) is 0 Å². The second-order valence-electron chi connectivity index (χ2n) is 9.43. The van der Waals surface area contributed by atoms with Crippen LogP contribution in [0.4, 0.5) is 5.69 Å². The van der Waals surface area contributed by atoms with Gasteiger partial charge in [0, 0.05) is 19.2 Å². The summed E-state index contributed by atoms with van der Waals surface area (Å²) < 4.78 is 37.8. The number of carbonyl (C=O) groups excluding carboxylic acids is 2. The van der Waals surface area contributed by atoms with E-state index in [-0.39, 0.29) is 24.1 Å². The molecule has 9 nitrogen and oxygen atoms in total. The Morgan fingerprint density at radius 2 is 1.71 bits per heavy atom. The number of fused-ring (bicyclic) bond motifs is 1. The predicted octanol–water partition coefficient (Wildman–Crippen LogP) is 4.11. The molecule has 0 spiro atoms. The van der Waals surface area contributed by atoms with Gasteiger partial charge in [0.1, 0.15) is 25.8 Å². The summed E-state index contributed by atoms with van der Waals surface area (Å²) in [6, 6.07) is 8.79. The zero-order valence-electron chi connectivity index (χ0n) is 21.9. The van der Waals surface area contributed by atoms with Crippen LogP contribution < -0.4 is 19.1 Å². The highest BCUT2D eigenvalue weighted by molar-refractivity contribution is 7.92. The van der Waals surface area contributed by atoms with Gasteiger partial charge in [-0.05, 0) is 42.2 Å². The Hall–Kier alpha value is -2.69. The minimum absolute atomic E-state index is 0.0298. The first-order valence-corrected chi connectivity index (χ1v) is 14.9. The summed E-state index contributed by atoms with van der Waals surface area (Å²) in [7, 11) is -3.88. The summed E-state index contributed by atoms with van der Waals surface area (Å²) in [6.45, 7) is 6.40. The zero-order valence-corrected chi connectivity index (χ0v) is 24.2. The monoisotopic (exact) mass is 585 g/mol. The van der Waals surface area contributed by atoms with Crippen molar-refractivity contribution < 1.29 is 27.5 Å². The largest absolute Gasteiger partial charge is 0.486 e. The summed E-state index contributed by atoms with van der Waals surface area (Å²) in [5.41, 5.74) is 0.894.